The van der Waals surface area contributed by atoms with Gasteiger partial charge in [-0.15, -0.1) is 0 Å². The van der Waals surface area contributed by atoms with Gasteiger partial charge in [0.2, 0.25) is 0 Å². The van der Waals surface area contributed by atoms with E-state index >= 15 is 0 Å². The van der Waals surface area contributed by atoms with Gasteiger partial charge in [-0.05, 0) is 46.2 Å². The molecule has 0 aliphatic carbocycles. The van der Waals surface area contributed by atoms with E-state index in [1.165, 1.54) is 4.90 Å². The molecule has 0 spiro atoms. The lowest BCUT2D eigenvalue weighted by Crippen LogP contribution is -2.42. The number of carbonyl (C=O) groups is 1. The second-order valence-corrected chi connectivity index (χ2v) is 6.39. The molecule has 1 atom stereocenters. The molecule has 0 aliphatic heterocycles. The molecule has 1 aromatic heterocycles. The zero-order chi connectivity index (χ0) is 16.2. The van der Waals surface area contributed by atoms with Crippen LogP contribution >= 0.6 is 11.6 Å². The van der Waals surface area contributed by atoms with Crippen LogP contribution in [0.25, 0.3) is 0 Å². The first-order valence-electron chi connectivity index (χ1n) is 6.81. The number of aromatic nitrogens is 1. The molecule has 1 amide bonds. The van der Waals surface area contributed by atoms with Crippen LogP contribution in [-0.4, -0.2) is 41.3 Å². The maximum atomic E-state index is 11.9. The molecular weight excluding hydrogens is 292 g/mol. The summed E-state index contributed by atoms with van der Waals surface area (Å²) in [7, 11) is 1.69. The molecular formula is C15H23ClN2O3. The summed E-state index contributed by atoms with van der Waals surface area (Å²) in [5.74, 6) is 0.626. The number of ether oxygens (including phenoxy) is 2. The Hall–Kier alpha value is -1.49. The van der Waals surface area contributed by atoms with Gasteiger partial charge in [0.05, 0.1) is 12.2 Å². The third-order valence-corrected chi connectivity index (χ3v) is 3.22. The third-order valence-electron chi connectivity index (χ3n) is 2.82. The van der Waals surface area contributed by atoms with Gasteiger partial charge in [-0.1, -0.05) is 11.6 Å². The van der Waals surface area contributed by atoms with E-state index in [4.69, 9.17) is 21.1 Å². The molecule has 6 heteroatoms. The fourth-order valence-corrected chi connectivity index (χ4v) is 1.56. The van der Waals surface area contributed by atoms with Crippen molar-refractivity contribution in [2.45, 2.75) is 46.3 Å². The summed E-state index contributed by atoms with van der Waals surface area (Å²) in [6.45, 7) is 9.60. The summed E-state index contributed by atoms with van der Waals surface area (Å²) in [4.78, 5) is 17.5. The Morgan fingerprint density at radius 2 is 2.10 bits per heavy atom. The van der Waals surface area contributed by atoms with Crippen LogP contribution in [0.4, 0.5) is 4.79 Å². The highest BCUT2D eigenvalue weighted by Crippen LogP contribution is 2.18. The lowest BCUT2D eigenvalue weighted by atomic mass is 10.2. The van der Waals surface area contributed by atoms with Crippen molar-refractivity contribution < 1.29 is 14.3 Å². The van der Waals surface area contributed by atoms with Crippen LogP contribution in [0, 0.1) is 6.92 Å². The van der Waals surface area contributed by atoms with Crippen molar-refractivity contribution in [1.29, 1.82) is 0 Å². The van der Waals surface area contributed by atoms with Crippen molar-refractivity contribution in [3.63, 3.8) is 0 Å². The Balaban J connectivity index is 2.54. The van der Waals surface area contributed by atoms with Gasteiger partial charge in [0, 0.05) is 7.05 Å². The largest absolute Gasteiger partial charge is 0.490 e. The van der Waals surface area contributed by atoms with Gasteiger partial charge in [0.1, 0.15) is 23.1 Å². The lowest BCUT2D eigenvalue weighted by molar-refractivity contribution is 0.0195. The highest BCUT2D eigenvalue weighted by molar-refractivity contribution is 6.30. The molecule has 118 valence electrons. The van der Waals surface area contributed by atoms with Crippen molar-refractivity contribution in [1.82, 2.24) is 9.88 Å². The Morgan fingerprint density at radius 3 is 2.62 bits per heavy atom. The van der Waals surface area contributed by atoms with Gasteiger partial charge in [-0.2, -0.15) is 0 Å². The standard InChI is InChI=1S/C15H23ClN2O3/c1-10-7-12(8-17-13(10)16)20-9-11(2)18(6)14(19)21-15(3,4)5/h7-8,11H,9H2,1-6H3. The first-order valence-corrected chi connectivity index (χ1v) is 7.18. The highest BCUT2D eigenvalue weighted by atomic mass is 35.5. The molecule has 0 radical (unpaired) electrons. The maximum Gasteiger partial charge on any atom is 0.410 e. The van der Waals surface area contributed by atoms with Crippen molar-refractivity contribution in [3.8, 4) is 5.75 Å². The van der Waals surface area contributed by atoms with E-state index in [2.05, 4.69) is 4.98 Å². The second-order valence-electron chi connectivity index (χ2n) is 6.03. The van der Waals surface area contributed by atoms with E-state index in [1.54, 1.807) is 13.2 Å². The Bertz CT molecular complexity index is 500. The van der Waals surface area contributed by atoms with Gasteiger partial charge in [0.15, 0.2) is 0 Å². The minimum Gasteiger partial charge on any atom is -0.490 e. The summed E-state index contributed by atoms with van der Waals surface area (Å²) in [6, 6.07) is 1.69. The van der Waals surface area contributed by atoms with Gasteiger partial charge in [0.25, 0.3) is 0 Å². The maximum absolute atomic E-state index is 11.9. The molecule has 1 aromatic rings. The van der Waals surface area contributed by atoms with E-state index < -0.39 is 5.60 Å². The normalized spacial score (nSPS) is 12.7. The molecule has 0 saturated heterocycles. The first-order chi connectivity index (χ1) is 9.60. The summed E-state index contributed by atoms with van der Waals surface area (Å²) in [6.07, 6.45) is 1.19. The minimum absolute atomic E-state index is 0.129. The topological polar surface area (TPSA) is 51.7 Å². The number of hydrogen-bond donors (Lipinski definition) is 0. The number of hydrogen-bond acceptors (Lipinski definition) is 4. The number of halogens is 1. The Labute approximate surface area is 131 Å². The third kappa shape index (κ3) is 5.79. The zero-order valence-corrected chi connectivity index (χ0v) is 14.2. The summed E-state index contributed by atoms with van der Waals surface area (Å²) >= 11 is 5.86. The van der Waals surface area contributed by atoms with Gasteiger partial charge < -0.3 is 14.4 Å². The van der Waals surface area contributed by atoms with Crippen LogP contribution in [0.5, 0.6) is 5.75 Å². The average molecular weight is 315 g/mol. The molecule has 5 nitrogen and oxygen atoms in total. The van der Waals surface area contributed by atoms with E-state index in [0.717, 1.165) is 5.56 Å². The molecule has 0 saturated carbocycles. The first kappa shape index (κ1) is 17.6. The predicted octanol–water partition coefficient (Wildman–Crippen LogP) is 3.68. The van der Waals surface area contributed by atoms with Crippen LogP contribution < -0.4 is 4.74 Å². The number of amides is 1. The second kappa shape index (κ2) is 6.98. The molecule has 0 aliphatic rings. The quantitative estimate of drug-likeness (QED) is 0.796. The van der Waals surface area contributed by atoms with Crippen molar-refractivity contribution in [3.05, 3.63) is 23.0 Å². The van der Waals surface area contributed by atoms with Crippen molar-refractivity contribution >= 4 is 17.7 Å². The Morgan fingerprint density at radius 1 is 1.48 bits per heavy atom. The van der Waals surface area contributed by atoms with Gasteiger partial charge in [-0.25, -0.2) is 9.78 Å². The smallest absolute Gasteiger partial charge is 0.410 e. The summed E-state index contributed by atoms with van der Waals surface area (Å²) in [5, 5.41) is 0.460. The highest BCUT2D eigenvalue weighted by Gasteiger charge is 2.23. The SMILES string of the molecule is Cc1cc(OCC(C)N(C)C(=O)OC(C)(C)C)cnc1Cl. The van der Waals surface area contributed by atoms with Gasteiger partial charge in [-0.3, -0.25) is 0 Å². The number of pyridine rings is 1. The molecule has 1 unspecified atom stereocenters. The molecule has 0 fully saturated rings. The number of carbonyl (C=O) groups excluding carboxylic acids is 1. The fraction of sp³-hybridized carbons (Fsp3) is 0.600. The summed E-state index contributed by atoms with van der Waals surface area (Å²) < 4.78 is 10.9. The van der Waals surface area contributed by atoms with Crippen LogP contribution in [0.2, 0.25) is 5.15 Å². The van der Waals surface area contributed by atoms with E-state index in [0.29, 0.717) is 17.5 Å². The lowest BCUT2D eigenvalue weighted by Gasteiger charge is -2.28. The van der Waals surface area contributed by atoms with E-state index in [9.17, 15) is 4.79 Å². The Kier molecular flexibility index (Phi) is 5.84. The van der Waals surface area contributed by atoms with Crippen LogP contribution in [0.3, 0.4) is 0 Å². The summed E-state index contributed by atoms with van der Waals surface area (Å²) in [5.41, 5.74) is 0.339. The van der Waals surface area contributed by atoms with Crippen LogP contribution in [-0.2, 0) is 4.74 Å². The van der Waals surface area contributed by atoms with Crippen molar-refractivity contribution in [2.24, 2.45) is 0 Å². The number of likely N-dealkylation sites (N-methyl/N-ethyl adjacent to an activating group) is 1. The molecule has 1 heterocycles. The molecule has 21 heavy (non-hydrogen) atoms. The number of rotatable bonds is 4. The number of aryl methyl sites for hydroxylation is 1. The fourth-order valence-electron chi connectivity index (χ4n) is 1.45. The predicted molar refractivity (Wildman–Crippen MR) is 82.9 cm³/mol. The van der Waals surface area contributed by atoms with Gasteiger partial charge >= 0.3 is 6.09 Å². The number of nitrogens with zero attached hydrogens (tertiary/aromatic N) is 2. The van der Waals surface area contributed by atoms with Crippen molar-refractivity contribution in [2.75, 3.05) is 13.7 Å². The molecule has 1 rings (SSSR count). The van der Waals surface area contributed by atoms with E-state index in [-0.39, 0.29) is 12.1 Å². The van der Waals surface area contributed by atoms with Crippen LogP contribution in [0.15, 0.2) is 12.3 Å². The minimum atomic E-state index is -0.511. The van der Waals surface area contributed by atoms with E-state index in [1.807, 2.05) is 40.7 Å². The zero-order valence-electron chi connectivity index (χ0n) is 13.4. The monoisotopic (exact) mass is 314 g/mol. The van der Waals surface area contributed by atoms with Crippen LogP contribution in [0.1, 0.15) is 33.3 Å². The molecule has 0 N–H and O–H groups in total. The average Bonchev–Trinajstić information content (AvgIpc) is 2.36. The molecule has 0 aromatic carbocycles. The molecule has 0 bridgehead atoms.